The Morgan fingerprint density at radius 3 is 2.64 bits per heavy atom. The summed E-state index contributed by atoms with van der Waals surface area (Å²) in [4.78, 5) is 13.8. The third-order valence-electron chi connectivity index (χ3n) is 2.63. The molecule has 0 spiro atoms. The number of nitro groups is 1. The summed E-state index contributed by atoms with van der Waals surface area (Å²) in [5.41, 5.74) is -0.321. The molecule has 116 valence electrons. The molecule has 2 aromatic rings. The van der Waals surface area contributed by atoms with Gasteiger partial charge in [0.25, 0.3) is 5.69 Å². The summed E-state index contributed by atoms with van der Waals surface area (Å²) in [7, 11) is 0. The van der Waals surface area contributed by atoms with Gasteiger partial charge in [-0.3, -0.25) is 10.1 Å². The van der Waals surface area contributed by atoms with Crippen molar-refractivity contribution in [3.63, 3.8) is 0 Å². The molecule has 0 amide bonds. The Hall–Kier alpha value is -1.80. The first-order valence-electron chi connectivity index (χ1n) is 5.86. The molecule has 1 aromatic carbocycles. The van der Waals surface area contributed by atoms with Crippen molar-refractivity contribution >= 4 is 29.1 Å². The SMILES string of the molecule is O=[N+]([O-])c1cccc(CSc2ncc(C(F)(F)F)cc2Cl)c1. The minimum absolute atomic E-state index is 0.0513. The Morgan fingerprint density at radius 1 is 1.32 bits per heavy atom. The van der Waals surface area contributed by atoms with Crippen LogP contribution < -0.4 is 0 Å². The zero-order chi connectivity index (χ0) is 16.3. The Labute approximate surface area is 132 Å². The monoisotopic (exact) mass is 348 g/mol. The number of halogens is 4. The maximum absolute atomic E-state index is 12.5. The van der Waals surface area contributed by atoms with Crippen LogP contribution >= 0.6 is 23.4 Å². The summed E-state index contributed by atoms with van der Waals surface area (Å²) in [6.45, 7) is 0. The van der Waals surface area contributed by atoms with Crippen molar-refractivity contribution in [1.29, 1.82) is 0 Å². The van der Waals surface area contributed by atoms with E-state index in [1.54, 1.807) is 6.07 Å². The first-order valence-corrected chi connectivity index (χ1v) is 7.22. The van der Waals surface area contributed by atoms with E-state index in [9.17, 15) is 23.3 Å². The molecule has 22 heavy (non-hydrogen) atoms. The Balaban J connectivity index is 2.12. The molecule has 0 aliphatic rings. The van der Waals surface area contributed by atoms with Crippen molar-refractivity contribution in [2.75, 3.05) is 0 Å². The fourth-order valence-corrected chi connectivity index (χ4v) is 2.74. The van der Waals surface area contributed by atoms with Gasteiger partial charge in [0.15, 0.2) is 0 Å². The minimum Gasteiger partial charge on any atom is -0.258 e. The highest BCUT2D eigenvalue weighted by Crippen LogP contribution is 2.34. The number of hydrogen-bond donors (Lipinski definition) is 0. The summed E-state index contributed by atoms with van der Waals surface area (Å²) in [5, 5.41) is 10.8. The molecule has 0 aliphatic heterocycles. The number of non-ortho nitro benzene ring substituents is 1. The van der Waals surface area contributed by atoms with Gasteiger partial charge >= 0.3 is 6.18 Å². The second-order valence-corrected chi connectivity index (χ2v) is 5.60. The summed E-state index contributed by atoms with van der Waals surface area (Å²) < 4.78 is 37.5. The van der Waals surface area contributed by atoms with Crippen molar-refractivity contribution in [1.82, 2.24) is 4.98 Å². The highest BCUT2D eigenvalue weighted by atomic mass is 35.5. The molecule has 0 aliphatic carbocycles. The predicted octanol–water partition coefficient (Wildman–Crippen LogP) is 4.95. The van der Waals surface area contributed by atoms with Gasteiger partial charge in [-0.1, -0.05) is 23.7 Å². The van der Waals surface area contributed by atoms with Crippen LogP contribution in [-0.2, 0) is 11.9 Å². The lowest BCUT2D eigenvalue weighted by atomic mass is 10.2. The number of pyridine rings is 1. The number of rotatable bonds is 4. The fraction of sp³-hybridized carbons (Fsp3) is 0.154. The van der Waals surface area contributed by atoms with Crippen LogP contribution in [0.2, 0.25) is 5.02 Å². The molecular formula is C13H8ClF3N2O2S. The van der Waals surface area contributed by atoms with Crippen LogP contribution in [-0.4, -0.2) is 9.91 Å². The highest BCUT2D eigenvalue weighted by molar-refractivity contribution is 7.98. The van der Waals surface area contributed by atoms with E-state index in [0.717, 1.165) is 17.8 Å². The van der Waals surface area contributed by atoms with Crippen LogP contribution in [0.4, 0.5) is 18.9 Å². The minimum atomic E-state index is -4.50. The second kappa shape index (κ2) is 6.53. The summed E-state index contributed by atoms with van der Waals surface area (Å²) in [5.74, 6) is 0.305. The van der Waals surface area contributed by atoms with Gasteiger partial charge in [0.05, 0.1) is 15.5 Å². The topological polar surface area (TPSA) is 56.0 Å². The molecule has 0 saturated carbocycles. The zero-order valence-electron chi connectivity index (χ0n) is 10.8. The molecule has 2 rings (SSSR count). The number of benzene rings is 1. The summed E-state index contributed by atoms with van der Waals surface area (Å²) >= 11 is 6.90. The molecule has 0 N–H and O–H groups in total. The van der Waals surface area contributed by atoms with E-state index in [0.29, 0.717) is 17.5 Å². The van der Waals surface area contributed by atoms with E-state index >= 15 is 0 Å². The maximum Gasteiger partial charge on any atom is 0.417 e. The van der Waals surface area contributed by atoms with E-state index in [1.165, 1.54) is 18.2 Å². The third-order valence-corrected chi connectivity index (χ3v) is 4.11. The van der Waals surface area contributed by atoms with E-state index in [1.807, 2.05) is 0 Å². The van der Waals surface area contributed by atoms with Gasteiger partial charge in [-0.15, -0.1) is 11.8 Å². The third kappa shape index (κ3) is 4.11. The number of hydrogen-bond acceptors (Lipinski definition) is 4. The number of thioether (sulfide) groups is 1. The average Bonchev–Trinajstić information content (AvgIpc) is 2.45. The van der Waals surface area contributed by atoms with Gasteiger partial charge in [-0.2, -0.15) is 13.2 Å². The fourth-order valence-electron chi connectivity index (χ4n) is 1.60. The standard InChI is InChI=1S/C13H8ClF3N2O2S/c14-11-5-9(13(15,16)17)6-18-12(11)22-7-8-2-1-3-10(4-8)19(20)21/h1-6H,7H2. The molecule has 0 unspecified atom stereocenters. The summed E-state index contributed by atoms with van der Waals surface area (Å²) in [6.07, 6.45) is -3.79. The van der Waals surface area contributed by atoms with Gasteiger partial charge < -0.3 is 0 Å². The Kier molecular flexibility index (Phi) is 4.92. The molecule has 1 aromatic heterocycles. The van der Waals surface area contributed by atoms with Crippen molar-refractivity contribution in [2.45, 2.75) is 17.0 Å². The largest absolute Gasteiger partial charge is 0.417 e. The van der Waals surface area contributed by atoms with E-state index in [-0.39, 0.29) is 15.7 Å². The smallest absolute Gasteiger partial charge is 0.258 e. The zero-order valence-corrected chi connectivity index (χ0v) is 12.4. The van der Waals surface area contributed by atoms with E-state index in [4.69, 9.17) is 11.6 Å². The Morgan fingerprint density at radius 2 is 2.05 bits per heavy atom. The number of nitrogens with zero attached hydrogens (tertiary/aromatic N) is 2. The molecular weight excluding hydrogens is 341 g/mol. The number of aromatic nitrogens is 1. The van der Waals surface area contributed by atoms with Gasteiger partial charge in [0.1, 0.15) is 5.03 Å². The normalized spacial score (nSPS) is 11.5. The predicted molar refractivity (Wildman–Crippen MR) is 76.9 cm³/mol. The second-order valence-electron chi connectivity index (χ2n) is 4.22. The molecule has 0 saturated heterocycles. The molecule has 9 heteroatoms. The quantitative estimate of drug-likeness (QED) is 0.445. The van der Waals surface area contributed by atoms with E-state index < -0.39 is 16.7 Å². The number of alkyl halides is 3. The van der Waals surface area contributed by atoms with Crippen molar-refractivity contribution in [3.8, 4) is 0 Å². The summed E-state index contributed by atoms with van der Waals surface area (Å²) in [6, 6.07) is 6.78. The maximum atomic E-state index is 12.5. The van der Waals surface area contributed by atoms with Crippen LogP contribution in [0, 0.1) is 10.1 Å². The lowest BCUT2D eigenvalue weighted by Gasteiger charge is -2.08. The first kappa shape index (κ1) is 16.6. The van der Waals surface area contributed by atoms with Gasteiger partial charge in [0, 0.05) is 24.1 Å². The molecule has 0 radical (unpaired) electrons. The number of nitro benzene ring substituents is 1. The molecule has 1 heterocycles. The lowest BCUT2D eigenvalue weighted by Crippen LogP contribution is -2.05. The first-order chi connectivity index (χ1) is 10.3. The molecule has 0 bridgehead atoms. The van der Waals surface area contributed by atoms with Crippen molar-refractivity contribution in [3.05, 3.63) is 62.8 Å². The molecule has 0 atom stereocenters. The lowest BCUT2D eigenvalue weighted by molar-refractivity contribution is -0.384. The van der Waals surface area contributed by atoms with E-state index in [2.05, 4.69) is 4.98 Å². The van der Waals surface area contributed by atoms with Gasteiger partial charge in [0.2, 0.25) is 0 Å². The van der Waals surface area contributed by atoms with Crippen molar-refractivity contribution in [2.24, 2.45) is 0 Å². The van der Waals surface area contributed by atoms with Crippen LogP contribution in [0.3, 0.4) is 0 Å². The van der Waals surface area contributed by atoms with Crippen LogP contribution in [0.1, 0.15) is 11.1 Å². The average molecular weight is 349 g/mol. The van der Waals surface area contributed by atoms with Gasteiger partial charge in [-0.05, 0) is 11.6 Å². The highest BCUT2D eigenvalue weighted by Gasteiger charge is 2.31. The van der Waals surface area contributed by atoms with Crippen LogP contribution in [0.25, 0.3) is 0 Å². The van der Waals surface area contributed by atoms with Crippen LogP contribution in [0.5, 0.6) is 0 Å². The van der Waals surface area contributed by atoms with Crippen LogP contribution in [0.15, 0.2) is 41.6 Å². The van der Waals surface area contributed by atoms with Gasteiger partial charge in [-0.25, -0.2) is 4.98 Å². The Bertz CT molecular complexity index is 710. The molecule has 0 fully saturated rings. The van der Waals surface area contributed by atoms with Crippen molar-refractivity contribution < 1.29 is 18.1 Å². The molecule has 4 nitrogen and oxygen atoms in total.